The molecular formula is C17H21N3O3. The van der Waals surface area contributed by atoms with E-state index >= 15 is 0 Å². The van der Waals surface area contributed by atoms with E-state index < -0.39 is 11.1 Å². The molecule has 0 aliphatic heterocycles. The predicted molar refractivity (Wildman–Crippen MR) is 89.0 cm³/mol. The molecule has 0 radical (unpaired) electrons. The highest BCUT2D eigenvalue weighted by Gasteiger charge is 2.10. The first-order chi connectivity index (χ1) is 11.0. The van der Waals surface area contributed by atoms with E-state index in [4.69, 9.17) is 0 Å². The number of hydrogen-bond donors (Lipinski definition) is 1. The maximum absolute atomic E-state index is 12.3. The van der Waals surface area contributed by atoms with Crippen molar-refractivity contribution in [1.29, 1.82) is 0 Å². The lowest BCUT2D eigenvalue weighted by molar-refractivity contribution is -0.121. The Balaban J connectivity index is 2.25. The number of carbonyl (C=O) groups is 1. The Hall–Kier alpha value is -2.63. The molecule has 1 N–H and O–H groups in total. The van der Waals surface area contributed by atoms with E-state index in [9.17, 15) is 14.4 Å². The molecule has 0 aliphatic rings. The van der Waals surface area contributed by atoms with Crippen molar-refractivity contribution < 1.29 is 4.79 Å². The molecule has 23 heavy (non-hydrogen) atoms. The lowest BCUT2D eigenvalue weighted by atomic mass is 10.2. The first-order valence-electron chi connectivity index (χ1n) is 7.69. The van der Waals surface area contributed by atoms with Gasteiger partial charge in [-0.15, -0.1) is 0 Å². The number of aromatic nitrogens is 2. The summed E-state index contributed by atoms with van der Waals surface area (Å²) in [6, 6.07) is 7.32. The molecule has 0 atom stereocenters. The molecule has 2 aromatic rings. The van der Waals surface area contributed by atoms with E-state index in [-0.39, 0.29) is 12.5 Å². The zero-order valence-corrected chi connectivity index (χ0v) is 13.4. The minimum absolute atomic E-state index is 0.146. The highest BCUT2D eigenvalue weighted by atomic mass is 16.2. The molecule has 0 saturated carbocycles. The van der Waals surface area contributed by atoms with Crippen LogP contribution in [0.15, 0.2) is 46.2 Å². The number of hydrogen-bond acceptors (Lipinski definition) is 3. The molecule has 1 heterocycles. The number of nitrogens with zero attached hydrogens (tertiary/aromatic N) is 2. The van der Waals surface area contributed by atoms with Crippen molar-refractivity contribution in [1.82, 2.24) is 14.5 Å². The number of para-hydroxylation sites is 1. The summed E-state index contributed by atoms with van der Waals surface area (Å²) in [5.41, 5.74) is 0.183. The van der Waals surface area contributed by atoms with E-state index in [0.717, 1.165) is 23.0 Å². The van der Waals surface area contributed by atoms with Gasteiger partial charge >= 0.3 is 11.1 Å². The summed E-state index contributed by atoms with van der Waals surface area (Å²) in [7, 11) is 0. The summed E-state index contributed by atoms with van der Waals surface area (Å²) >= 11 is 0. The summed E-state index contributed by atoms with van der Waals surface area (Å²) in [5, 5.41) is 2.73. The predicted octanol–water partition coefficient (Wildman–Crippen LogP) is 1.22. The van der Waals surface area contributed by atoms with Gasteiger partial charge in [0.15, 0.2) is 0 Å². The van der Waals surface area contributed by atoms with E-state index in [1.54, 1.807) is 6.07 Å². The van der Waals surface area contributed by atoms with Crippen LogP contribution in [0.1, 0.15) is 25.3 Å². The molecule has 2 rings (SSSR count). The van der Waals surface area contributed by atoms with Crippen molar-refractivity contribution in [3.63, 3.8) is 0 Å². The van der Waals surface area contributed by atoms with Crippen molar-refractivity contribution in [3.05, 3.63) is 62.9 Å². The lowest BCUT2D eigenvalue weighted by Crippen LogP contribution is -2.42. The summed E-state index contributed by atoms with van der Waals surface area (Å²) in [4.78, 5) is 36.3. The first kappa shape index (κ1) is 16.7. The zero-order valence-electron chi connectivity index (χ0n) is 13.4. The van der Waals surface area contributed by atoms with Gasteiger partial charge in [-0.05, 0) is 25.0 Å². The van der Waals surface area contributed by atoms with Crippen molar-refractivity contribution in [2.75, 3.05) is 6.54 Å². The Morgan fingerprint density at radius 3 is 2.57 bits per heavy atom. The van der Waals surface area contributed by atoms with Crippen molar-refractivity contribution in [2.45, 2.75) is 33.2 Å². The fourth-order valence-corrected chi connectivity index (χ4v) is 2.27. The minimum atomic E-state index is -0.707. The number of aryl methyl sites for hydroxylation is 1. The summed E-state index contributed by atoms with van der Waals surface area (Å²) in [6.07, 6.45) is 4.85. The van der Waals surface area contributed by atoms with E-state index in [1.807, 2.05) is 32.0 Å². The van der Waals surface area contributed by atoms with Crippen LogP contribution in [-0.2, 0) is 11.3 Å². The molecule has 1 aromatic heterocycles. The topological polar surface area (TPSA) is 73.1 Å². The van der Waals surface area contributed by atoms with Crippen LogP contribution in [-0.4, -0.2) is 21.6 Å². The maximum Gasteiger partial charge on any atom is 0.320 e. The van der Waals surface area contributed by atoms with Crippen LogP contribution in [0.5, 0.6) is 0 Å². The molecule has 0 bridgehead atoms. The average Bonchev–Trinajstić information content (AvgIpc) is 2.53. The Morgan fingerprint density at radius 2 is 1.87 bits per heavy atom. The third-order valence-corrected chi connectivity index (χ3v) is 3.60. The Morgan fingerprint density at radius 1 is 1.13 bits per heavy atom. The molecule has 6 heteroatoms. The SMILES string of the molecule is CCCCNC(=O)Cn1ccn(-c2ccccc2C)c(=O)c1=O. The highest BCUT2D eigenvalue weighted by molar-refractivity contribution is 5.75. The van der Waals surface area contributed by atoms with Gasteiger partial charge in [-0.1, -0.05) is 31.5 Å². The Kier molecular flexibility index (Phi) is 5.51. The molecule has 122 valence electrons. The number of unbranched alkanes of at least 4 members (excludes halogenated alkanes) is 1. The van der Waals surface area contributed by atoms with E-state index in [1.165, 1.54) is 17.0 Å². The first-order valence-corrected chi connectivity index (χ1v) is 7.69. The lowest BCUT2D eigenvalue weighted by Gasteiger charge is -2.11. The number of rotatable bonds is 6. The zero-order chi connectivity index (χ0) is 16.8. The Labute approximate surface area is 134 Å². The molecular weight excluding hydrogens is 294 g/mol. The van der Waals surface area contributed by atoms with Gasteiger partial charge in [0.05, 0.1) is 5.69 Å². The minimum Gasteiger partial charge on any atom is -0.355 e. The maximum atomic E-state index is 12.3. The van der Waals surface area contributed by atoms with Gasteiger partial charge in [0, 0.05) is 18.9 Å². The van der Waals surface area contributed by atoms with Crippen LogP contribution in [0.25, 0.3) is 5.69 Å². The number of amides is 1. The summed E-state index contributed by atoms with van der Waals surface area (Å²) in [5.74, 6) is -0.270. The second-order valence-corrected chi connectivity index (χ2v) is 5.40. The third-order valence-electron chi connectivity index (χ3n) is 3.60. The molecule has 0 unspecified atom stereocenters. The van der Waals surface area contributed by atoms with Crippen LogP contribution >= 0.6 is 0 Å². The highest BCUT2D eigenvalue weighted by Crippen LogP contribution is 2.09. The molecule has 6 nitrogen and oxygen atoms in total. The smallest absolute Gasteiger partial charge is 0.320 e. The number of carbonyl (C=O) groups excluding carboxylic acids is 1. The van der Waals surface area contributed by atoms with Gasteiger partial charge in [-0.25, -0.2) is 0 Å². The monoisotopic (exact) mass is 315 g/mol. The Bertz CT molecular complexity index is 805. The van der Waals surface area contributed by atoms with Crippen molar-refractivity contribution in [2.24, 2.45) is 0 Å². The van der Waals surface area contributed by atoms with Gasteiger partial charge in [-0.3, -0.25) is 23.5 Å². The average molecular weight is 315 g/mol. The molecule has 1 aromatic carbocycles. The third kappa shape index (κ3) is 3.97. The molecule has 0 saturated heterocycles. The largest absolute Gasteiger partial charge is 0.355 e. The second-order valence-electron chi connectivity index (χ2n) is 5.40. The van der Waals surface area contributed by atoms with Crippen LogP contribution in [0.4, 0.5) is 0 Å². The number of nitrogens with one attached hydrogen (secondary N) is 1. The fourth-order valence-electron chi connectivity index (χ4n) is 2.27. The molecule has 1 amide bonds. The van der Waals surface area contributed by atoms with Crippen LogP contribution in [0.2, 0.25) is 0 Å². The number of benzene rings is 1. The van der Waals surface area contributed by atoms with Crippen molar-refractivity contribution in [3.8, 4) is 5.69 Å². The fraction of sp³-hybridized carbons (Fsp3) is 0.353. The summed E-state index contributed by atoms with van der Waals surface area (Å²) in [6.45, 7) is 4.33. The van der Waals surface area contributed by atoms with Crippen LogP contribution in [0, 0.1) is 6.92 Å². The standard InChI is InChI=1S/C17H21N3O3/c1-3-4-9-18-15(21)12-19-10-11-20(17(23)16(19)22)14-8-6-5-7-13(14)2/h5-8,10-11H,3-4,9,12H2,1-2H3,(H,18,21). The van der Waals surface area contributed by atoms with E-state index in [0.29, 0.717) is 12.2 Å². The normalized spacial score (nSPS) is 10.5. The van der Waals surface area contributed by atoms with Crippen molar-refractivity contribution >= 4 is 5.91 Å². The van der Waals surface area contributed by atoms with E-state index in [2.05, 4.69) is 5.32 Å². The van der Waals surface area contributed by atoms with Gasteiger partial charge in [0.2, 0.25) is 5.91 Å². The second kappa shape index (κ2) is 7.58. The quantitative estimate of drug-likeness (QED) is 0.643. The van der Waals surface area contributed by atoms with Gasteiger partial charge in [0.1, 0.15) is 6.54 Å². The van der Waals surface area contributed by atoms with Gasteiger partial charge < -0.3 is 5.32 Å². The summed E-state index contributed by atoms with van der Waals surface area (Å²) < 4.78 is 2.45. The van der Waals surface area contributed by atoms with Gasteiger partial charge in [0.25, 0.3) is 0 Å². The van der Waals surface area contributed by atoms with Crippen LogP contribution in [0.3, 0.4) is 0 Å². The molecule has 0 fully saturated rings. The van der Waals surface area contributed by atoms with Crippen LogP contribution < -0.4 is 16.4 Å². The molecule has 0 spiro atoms. The molecule has 0 aliphatic carbocycles. The van der Waals surface area contributed by atoms with Gasteiger partial charge in [-0.2, -0.15) is 0 Å².